The number of carboxylic acids is 1. The van der Waals surface area contributed by atoms with Crippen molar-refractivity contribution in [3.8, 4) is 0 Å². The molecule has 0 aliphatic rings. The minimum absolute atomic E-state index is 0.0629. The van der Waals surface area contributed by atoms with Gasteiger partial charge in [0, 0.05) is 5.75 Å². The molecule has 0 fully saturated rings. The van der Waals surface area contributed by atoms with E-state index in [1.54, 1.807) is 12.1 Å². The predicted molar refractivity (Wildman–Crippen MR) is 75.3 cm³/mol. The van der Waals surface area contributed by atoms with Gasteiger partial charge in [-0.3, -0.25) is 0 Å². The Labute approximate surface area is 121 Å². The van der Waals surface area contributed by atoms with Crippen LogP contribution in [0, 0.1) is 0 Å². The average Bonchev–Trinajstić information content (AvgIpc) is 2.41. The maximum absolute atomic E-state index is 11.5. The molecule has 0 heterocycles. The van der Waals surface area contributed by atoms with Gasteiger partial charge in [0.1, 0.15) is 12.6 Å². The lowest BCUT2D eigenvalue weighted by Gasteiger charge is -2.15. The number of carbonyl (C=O) groups excluding carboxylic acids is 1. The Morgan fingerprint density at radius 3 is 2.55 bits per heavy atom. The highest BCUT2D eigenvalue weighted by molar-refractivity contribution is 7.99. The van der Waals surface area contributed by atoms with Gasteiger partial charge in [-0.05, 0) is 12.5 Å². The molecule has 0 bridgehead atoms. The van der Waals surface area contributed by atoms with Crippen molar-refractivity contribution in [3.05, 3.63) is 35.9 Å². The van der Waals surface area contributed by atoms with E-state index in [0.717, 1.165) is 17.3 Å². The van der Waals surface area contributed by atoms with Gasteiger partial charge in [-0.25, -0.2) is 9.59 Å². The van der Waals surface area contributed by atoms with Gasteiger partial charge < -0.3 is 20.3 Å². The van der Waals surface area contributed by atoms with E-state index < -0.39 is 23.5 Å². The molecular formula is C13H17NO5S. The van der Waals surface area contributed by atoms with E-state index in [1.165, 1.54) is 6.92 Å². The van der Waals surface area contributed by atoms with E-state index in [2.05, 4.69) is 5.32 Å². The number of rotatable bonds is 7. The highest BCUT2D eigenvalue weighted by atomic mass is 32.2. The van der Waals surface area contributed by atoms with Gasteiger partial charge in [0.25, 0.3) is 0 Å². The van der Waals surface area contributed by atoms with Crippen LogP contribution >= 0.6 is 11.8 Å². The summed E-state index contributed by atoms with van der Waals surface area (Å²) in [6.07, 6.45) is -0.799. The molecule has 0 saturated heterocycles. The van der Waals surface area contributed by atoms with Crippen LogP contribution in [0.15, 0.2) is 30.3 Å². The predicted octanol–water partition coefficient (Wildman–Crippen LogP) is 1.44. The maximum Gasteiger partial charge on any atom is 0.408 e. The average molecular weight is 299 g/mol. The van der Waals surface area contributed by atoms with Crippen molar-refractivity contribution in [1.29, 1.82) is 0 Å². The minimum Gasteiger partial charge on any atom is -0.480 e. The molecule has 0 aliphatic heterocycles. The Hall–Kier alpha value is -1.73. The summed E-state index contributed by atoms with van der Waals surface area (Å²) in [7, 11) is 0. The molecule has 1 aromatic rings. The molecular weight excluding hydrogens is 282 g/mol. The fourth-order valence-corrected chi connectivity index (χ4v) is 2.01. The number of aliphatic hydroxyl groups is 1. The molecule has 2 atom stereocenters. The van der Waals surface area contributed by atoms with E-state index in [-0.39, 0.29) is 12.4 Å². The molecule has 20 heavy (non-hydrogen) atoms. The van der Waals surface area contributed by atoms with Gasteiger partial charge in [-0.2, -0.15) is 0 Å². The molecule has 0 radical (unpaired) electrons. The molecule has 0 saturated carbocycles. The van der Waals surface area contributed by atoms with Crippen molar-refractivity contribution in [2.24, 2.45) is 0 Å². The zero-order valence-corrected chi connectivity index (χ0v) is 11.8. The highest BCUT2D eigenvalue weighted by Crippen LogP contribution is 2.09. The summed E-state index contributed by atoms with van der Waals surface area (Å²) in [6.45, 7) is 1.60. The molecule has 6 nitrogen and oxygen atoms in total. The standard InChI is InChI=1S/C13H17NO5S/c1-9(15)20-8-11(12(16)17)14-13(18)19-7-10-5-3-2-4-6-10/h2-6,9,11,15H,7-8H2,1H3,(H,14,18)(H,16,17)/t9-,11-/m0/s1. The van der Waals surface area contributed by atoms with Gasteiger partial charge in [0.15, 0.2) is 0 Å². The summed E-state index contributed by atoms with van der Waals surface area (Å²) >= 11 is 1.03. The number of nitrogens with one attached hydrogen (secondary N) is 1. The Bertz CT molecular complexity index is 438. The molecule has 0 spiro atoms. The van der Waals surface area contributed by atoms with Crippen LogP contribution in [0.4, 0.5) is 4.79 Å². The lowest BCUT2D eigenvalue weighted by Crippen LogP contribution is -2.43. The molecule has 7 heteroatoms. The Kier molecular flexibility index (Phi) is 6.89. The first-order valence-electron chi connectivity index (χ1n) is 5.98. The molecule has 0 aromatic heterocycles. The molecule has 0 unspecified atom stereocenters. The summed E-state index contributed by atoms with van der Waals surface area (Å²) in [4.78, 5) is 22.5. The number of hydrogen-bond donors (Lipinski definition) is 3. The second kappa shape index (κ2) is 8.44. The smallest absolute Gasteiger partial charge is 0.408 e. The number of benzene rings is 1. The van der Waals surface area contributed by atoms with Gasteiger partial charge in [-0.1, -0.05) is 30.3 Å². The summed E-state index contributed by atoms with van der Waals surface area (Å²) in [6, 6.07) is 7.97. The summed E-state index contributed by atoms with van der Waals surface area (Å²) < 4.78 is 4.93. The number of hydrogen-bond acceptors (Lipinski definition) is 5. The van der Waals surface area contributed by atoms with Gasteiger partial charge in [-0.15, -0.1) is 11.8 Å². The van der Waals surface area contributed by atoms with Crippen molar-refractivity contribution < 1.29 is 24.5 Å². The molecule has 3 N–H and O–H groups in total. The number of alkyl carbamates (subject to hydrolysis) is 1. The van der Waals surface area contributed by atoms with Gasteiger partial charge in [0.05, 0.1) is 5.44 Å². The topological polar surface area (TPSA) is 95.9 Å². The highest BCUT2D eigenvalue weighted by Gasteiger charge is 2.21. The van der Waals surface area contributed by atoms with Crippen LogP contribution in [-0.4, -0.2) is 39.5 Å². The number of ether oxygens (including phenoxy) is 1. The Morgan fingerprint density at radius 2 is 2.00 bits per heavy atom. The lowest BCUT2D eigenvalue weighted by atomic mass is 10.2. The van der Waals surface area contributed by atoms with Crippen LogP contribution in [0.3, 0.4) is 0 Å². The van der Waals surface area contributed by atoms with Crippen LogP contribution in [0.5, 0.6) is 0 Å². The lowest BCUT2D eigenvalue weighted by molar-refractivity contribution is -0.138. The third kappa shape index (κ3) is 6.44. The summed E-state index contributed by atoms with van der Waals surface area (Å²) in [5.41, 5.74) is 0.117. The Balaban J connectivity index is 2.40. The van der Waals surface area contributed by atoms with Crippen LogP contribution in [0.1, 0.15) is 12.5 Å². The van der Waals surface area contributed by atoms with E-state index in [9.17, 15) is 9.59 Å². The molecule has 1 rings (SSSR count). The van der Waals surface area contributed by atoms with Crippen molar-refractivity contribution in [2.45, 2.75) is 25.0 Å². The molecule has 1 aromatic carbocycles. The monoisotopic (exact) mass is 299 g/mol. The van der Waals surface area contributed by atoms with E-state index in [1.807, 2.05) is 18.2 Å². The maximum atomic E-state index is 11.5. The molecule has 1 amide bonds. The van der Waals surface area contributed by atoms with Crippen molar-refractivity contribution >= 4 is 23.8 Å². The third-order valence-electron chi connectivity index (χ3n) is 2.31. The number of aliphatic carboxylic acids is 1. The number of aliphatic hydroxyl groups excluding tert-OH is 1. The second-order valence-corrected chi connectivity index (χ2v) is 5.38. The van der Waals surface area contributed by atoms with Crippen molar-refractivity contribution in [1.82, 2.24) is 5.32 Å². The van der Waals surface area contributed by atoms with Crippen molar-refractivity contribution in [3.63, 3.8) is 0 Å². The number of amides is 1. The first-order chi connectivity index (χ1) is 9.49. The van der Waals surface area contributed by atoms with Gasteiger partial charge in [0.2, 0.25) is 0 Å². The van der Waals surface area contributed by atoms with E-state index >= 15 is 0 Å². The fourth-order valence-electron chi connectivity index (χ4n) is 1.32. The largest absolute Gasteiger partial charge is 0.480 e. The van der Waals surface area contributed by atoms with Crippen LogP contribution in [0.2, 0.25) is 0 Å². The van der Waals surface area contributed by atoms with Crippen molar-refractivity contribution in [2.75, 3.05) is 5.75 Å². The summed E-state index contributed by atoms with van der Waals surface area (Å²) in [5, 5.41) is 20.3. The number of carboxylic acid groups (broad SMARTS) is 1. The minimum atomic E-state index is -1.17. The normalized spacial score (nSPS) is 13.3. The summed E-state index contributed by atoms with van der Waals surface area (Å²) in [5.74, 6) is -1.11. The first-order valence-corrected chi connectivity index (χ1v) is 7.03. The van der Waals surface area contributed by atoms with E-state index in [0.29, 0.717) is 0 Å². The van der Waals surface area contributed by atoms with Crippen LogP contribution in [0.25, 0.3) is 0 Å². The zero-order valence-electron chi connectivity index (χ0n) is 11.0. The zero-order chi connectivity index (χ0) is 15.0. The first kappa shape index (κ1) is 16.3. The quantitative estimate of drug-likeness (QED) is 0.659. The van der Waals surface area contributed by atoms with Crippen LogP contribution in [-0.2, 0) is 16.1 Å². The third-order valence-corrected chi connectivity index (χ3v) is 3.32. The number of carbonyl (C=O) groups is 2. The van der Waals surface area contributed by atoms with Gasteiger partial charge >= 0.3 is 12.1 Å². The second-order valence-electron chi connectivity index (χ2n) is 4.03. The van der Waals surface area contributed by atoms with Crippen LogP contribution < -0.4 is 5.32 Å². The molecule has 0 aliphatic carbocycles. The number of thioether (sulfide) groups is 1. The molecule has 110 valence electrons. The Morgan fingerprint density at radius 1 is 1.35 bits per heavy atom. The van der Waals surface area contributed by atoms with E-state index in [4.69, 9.17) is 14.9 Å². The SMILES string of the molecule is C[C@@H](O)SC[C@H](NC(=O)OCc1ccccc1)C(=O)O. The fraction of sp³-hybridized carbons (Fsp3) is 0.385.